The average Bonchev–Trinajstić information content (AvgIpc) is 3.58. The summed E-state index contributed by atoms with van der Waals surface area (Å²) in [5, 5.41) is 19.1. The second-order valence-electron chi connectivity index (χ2n) is 9.31. The van der Waals surface area contributed by atoms with Crippen LogP contribution in [-0.2, 0) is 16.0 Å². The second kappa shape index (κ2) is 10.3. The molecule has 0 amide bonds. The average molecular weight is 546 g/mol. The van der Waals surface area contributed by atoms with Crippen molar-refractivity contribution < 1.29 is 24.1 Å². The molecular formula is C25H28ClN5O5S. The molecule has 1 aliphatic heterocycles. The number of halogens is 1. The van der Waals surface area contributed by atoms with E-state index in [9.17, 15) is 9.90 Å². The van der Waals surface area contributed by atoms with E-state index in [1.54, 1.807) is 20.3 Å². The number of carbonyl (C=O) groups is 1. The number of esters is 1. The van der Waals surface area contributed by atoms with Crippen LogP contribution in [-0.4, -0.2) is 51.1 Å². The fraction of sp³-hybridized carbons (Fsp3) is 0.440. The molecule has 1 aromatic carbocycles. The maximum Gasteiger partial charge on any atom is 0.349 e. The Kier molecular flexibility index (Phi) is 7.09. The van der Waals surface area contributed by atoms with E-state index in [1.807, 2.05) is 6.07 Å². The Labute approximate surface area is 222 Å². The fourth-order valence-electron chi connectivity index (χ4n) is 5.31. The number of aromatic amines is 1. The van der Waals surface area contributed by atoms with Gasteiger partial charge < -0.3 is 25.1 Å². The van der Waals surface area contributed by atoms with Gasteiger partial charge in [-0.05, 0) is 55.0 Å². The summed E-state index contributed by atoms with van der Waals surface area (Å²) in [7, 11) is 3.14. The number of aliphatic hydroxyl groups is 1. The highest BCUT2D eigenvalue weighted by Crippen LogP contribution is 2.48. The molecule has 196 valence electrons. The van der Waals surface area contributed by atoms with Gasteiger partial charge in [-0.3, -0.25) is 5.10 Å². The largest absolute Gasteiger partial charge is 0.511 e. The minimum Gasteiger partial charge on any atom is -0.511 e. The Morgan fingerprint density at radius 1 is 1.24 bits per heavy atom. The van der Waals surface area contributed by atoms with Crippen molar-refractivity contribution in [3.05, 3.63) is 39.6 Å². The molecule has 1 fully saturated rings. The second-order valence-corrected chi connectivity index (χ2v) is 10.7. The number of hydrogen-bond acceptors (Lipinski definition) is 10. The van der Waals surface area contributed by atoms with Gasteiger partial charge in [-0.15, -0.1) is 0 Å². The lowest BCUT2D eigenvalue weighted by molar-refractivity contribution is -0.166. The summed E-state index contributed by atoms with van der Waals surface area (Å²) in [4.78, 5) is 22.0. The first-order chi connectivity index (χ1) is 17.8. The molecule has 0 spiro atoms. The minimum atomic E-state index is -0.841. The number of nitrogens with zero attached hydrogens (tertiary/aromatic N) is 3. The van der Waals surface area contributed by atoms with Crippen LogP contribution in [0.25, 0.3) is 11.0 Å². The summed E-state index contributed by atoms with van der Waals surface area (Å²) in [5.74, 6) is 0.920. The fourth-order valence-corrected chi connectivity index (χ4v) is 6.35. The number of fused-ring (bicyclic) bond motifs is 1. The molecule has 10 nitrogen and oxygen atoms in total. The highest BCUT2D eigenvalue weighted by molar-refractivity contribution is 8.03. The number of hydrogen-bond donors (Lipinski definition) is 3. The molecule has 3 aromatic rings. The predicted molar refractivity (Wildman–Crippen MR) is 140 cm³/mol. The standard InChI is InChI=1S/C25H28ClN5O5S/c1-34-18-10-19(35-2)16(26)9-13(18)7-8-25(14-5-3-4-6-14)11-17(32)20(23(33)36-25)37-24-29-21(27)15-12-28-31-22(15)30-24/h9-10,12,14,32H,3-8,11H2,1-2H3,(H3,27,28,29,30,31). The van der Waals surface area contributed by atoms with E-state index in [4.69, 9.17) is 31.5 Å². The van der Waals surface area contributed by atoms with Crippen molar-refractivity contribution in [1.82, 2.24) is 20.2 Å². The van der Waals surface area contributed by atoms with Crippen molar-refractivity contribution in [3.63, 3.8) is 0 Å². The van der Waals surface area contributed by atoms with E-state index < -0.39 is 11.6 Å². The number of cyclic esters (lactones) is 1. The van der Waals surface area contributed by atoms with Crippen LogP contribution in [0.5, 0.6) is 11.5 Å². The van der Waals surface area contributed by atoms with Crippen molar-refractivity contribution in [3.8, 4) is 11.5 Å². The number of methoxy groups -OCH3 is 2. The van der Waals surface area contributed by atoms with Crippen molar-refractivity contribution in [2.24, 2.45) is 5.92 Å². The zero-order chi connectivity index (χ0) is 26.2. The number of anilines is 1. The first kappa shape index (κ1) is 25.5. The third-order valence-corrected chi connectivity index (χ3v) is 8.46. The van der Waals surface area contributed by atoms with Gasteiger partial charge in [0.1, 0.15) is 33.6 Å². The first-order valence-corrected chi connectivity index (χ1v) is 13.2. The lowest BCUT2D eigenvalue weighted by Crippen LogP contribution is -2.45. The number of thioether (sulfide) groups is 1. The molecule has 37 heavy (non-hydrogen) atoms. The van der Waals surface area contributed by atoms with Gasteiger partial charge in [-0.1, -0.05) is 24.4 Å². The van der Waals surface area contributed by atoms with Gasteiger partial charge in [0.15, 0.2) is 10.8 Å². The molecule has 1 unspecified atom stereocenters. The Hall–Kier alpha value is -3.18. The van der Waals surface area contributed by atoms with Crippen LogP contribution in [0.2, 0.25) is 5.02 Å². The lowest BCUT2D eigenvalue weighted by Gasteiger charge is -2.41. The molecule has 0 saturated heterocycles. The van der Waals surface area contributed by atoms with Crippen molar-refractivity contribution >= 4 is 46.2 Å². The lowest BCUT2D eigenvalue weighted by atomic mass is 9.77. The Bertz CT molecular complexity index is 1370. The smallest absolute Gasteiger partial charge is 0.349 e. The molecule has 2 aliphatic rings. The van der Waals surface area contributed by atoms with Crippen molar-refractivity contribution in [2.45, 2.75) is 55.7 Å². The summed E-state index contributed by atoms with van der Waals surface area (Å²) in [6, 6.07) is 3.57. The van der Waals surface area contributed by atoms with Gasteiger partial charge in [0.25, 0.3) is 0 Å². The molecule has 0 radical (unpaired) electrons. The minimum absolute atomic E-state index is 0.0280. The van der Waals surface area contributed by atoms with Gasteiger partial charge in [0, 0.05) is 12.5 Å². The number of rotatable bonds is 8. The molecule has 1 aliphatic carbocycles. The monoisotopic (exact) mass is 545 g/mol. The van der Waals surface area contributed by atoms with Crippen LogP contribution >= 0.6 is 23.4 Å². The molecule has 1 saturated carbocycles. The van der Waals surface area contributed by atoms with E-state index in [0.717, 1.165) is 43.0 Å². The Morgan fingerprint density at radius 2 is 2.00 bits per heavy atom. The van der Waals surface area contributed by atoms with E-state index in [0.29, 0.717) is 40.4 Å². The molecule has 1 atom stereocenters. The highest BCUT2D eigenvalue weighted by atomic mass is 35.5. The van der Waals surface area contributed by atoms with Gasteiger partial charge >= 0.3 is 5.97 Å². The number of nitrogen functional groups attached to an aromatic ring is 1. The van der Waals surface area contributed by atoms with Gasteiger partial charge in [0.2, 0.25) is 0 Å². The molecular weight excluding hydrogens is 518 g/mol. The maximum atomic E-state index is 13.3. The molecule has 2 aromatic heterocycles. The number of aliphatic hydroxyl groups excluding tert-OH is 1. The van der Waals surface area contributed by atoms with Gasteiger partial charge in [-0.2, -0.15) is 5.10 Å². The number of nitrogens with two attached hydrogens (primary N) is 1. The third kappa shape index (κ3) is 4.89. The summed E-state index contributed by atoms with van der Waals surface area (Å²) in [6.07, 6.45) is 6.78. The molecule has 0 bridgehead atoms. The van der Waals surface area contributed by atoms with E-state index in [-0.39, 0.29) is 34.0 Å². The quantitative estimate of drug-likeness (QED) is 0.262. The van der Waals surface area contributed by atoms with Crippen molar-refractivity contribution in [2.75, 3.05) is 20.0 Å². The van der Waals surface area contributed by atoms with Crippen LogP contribution in [0.3, 0.4) is 0 Å². The number of carbonyl (C=O) groups excluding carboxylic acids is 1. The maximum absolute atomic E-state index is 13.3. The van der Waals surface area contributed by atoms with Crippen molar-refractivity contribution in [1.29, 1.82) is 0 Å². The van der Waals surface area contributed by atoms with Crippen LogP contribution in [0.4, 0.5) is 5.82 Å². The highest BCUT2D eigenvalue weighted by Gasteiger charge is 2.48. The third-order valence-electron chi connectivity index (χ3n) is 7.19. The summed E-state index contributed by atoms with van der Waals surface area (Å²) < 4.78 is 17.1. The normalized spacial score (nSPS) is 20.5. The van der Waals surface area contributed by atoms with E-state index >= 15 is 0 Å². The van der Waals surface area contributed by atoms with Crippen LogP contribution in [0.15, 0.2) is 34.2 Å². The number of H-pyrrole nitrogens is 1. The van der Waals surface area contributed by atoms with Gasteiger partial charge in [0.05, 0.1) is 30.8 Å². The Morgan fingerprint density at radius 3 is 2.70 bits per heavy atom. The topological polar surface area (TPSA) is 145 Å². The zero-order valence-electron chi connectivity index (χ0n) is 20.5. The summed E-state index contributed by atoms with van der Waals surface area (Å²) >= 11 is 7.32. The Balaban J connectivity index is 1.43. The SMILES string of the molecule is COc1cc(OC)c(CCC2(C3CCCC3)CC(O)=C(Sc3nc(N)c4cn[nH]c4n3)C(=O)O2)cc1Cl. The summed E-state index contributed by atoms with van der Waals surface area (Å²) in [5.41, 5.74) is 6.49. The number of aryl methyl sites for hydroxylation is 1. The number of benzene rings is 1. The zero-order valence-corrected chi connectivity index (χ0v) is 22.1. The van der Waals surface area contributed by atoms with E-state index in [1.165, 1.54) is 6.20 Å². The van der Waals surface area contributed by atoms with Crippen LogP contribution < -0.4 is 15.2 Å². The number of nitrogens with one attached hydrogen (secondary N) is 1. The first-order valence-electron chi connectivity index (χ1n) is 12.0. The number of ether oxygens (including phenoxy) is 3. The summed E-state index contributed by atoms with van der Waals surface area (Å²) in [6.45, 7) is 0. The molecule has 3 heterocycles. The molecule has 5 rings (SSSR count). The van der Waals surface area contributed by atoms with E-state index in [2.05, 4.69) is 20.2 Å². The molecule has 4 N–H and O–H groups in total. The van der Waals surface area contributed by atoms with Crippen LogP contribution in [0, 0.1) is 5.92 Å². The predicted octanol–water partition coefficient (Wildman–Crippen LogP) is 4.98. The van der Waals surface area contributed by atoms with Crippen LogP contribution in [0.1, 0.15) is 44.1 Å². The molecule has 12 heteroatoms. The van der Waals surface area contributed by atoms with Gasteiger partial charge in [-0.25, -0.2) is 14.8 Å². The number of aromatic nitrogens is 4.